The second kappa shape index (κ2) is 6.84. The second-order valence-electron chi connectivity index (χ2n) is 5.41. The van der Waals surface area contributed by atoms with Crippen LogP contribution in [0.15, 0.2) is 24.3 Å². The van der Waals surface area contributed by atoms with E-state index in [1.165, 1.54) is 4.90 Å². The first-order valence-electron chi connectivity index (χ1n) is 7.47. The summed E-state index contributed by atoms with van der Waals surface area (Å²) in [7, 11) is 0. The van der Waals surface area contributed by atoms with Gasteiger partial charge in [-0.05, 0) is 24.3 Å². The van der Waals surface area contributed by atoms with Crippen LogP contribution < -0.4 is 15.1 Å². The molecule has 2 heterocycles. The Morgan fingerprint density at radius 1 is 1.30 bits per heavy atom. The molecule has 2 N–H and O–H groups in total. The normalized spacial score (nSPS) is 24.5. The average molecular weight is 321 g/mol. The summed E-state index contributed by atoms with van der Waals surface area (Å²) in [6, 6.07) is 7.34. The van der Waals surface area contributed by atoms with E-state index in [1.54, 1.807) is 0 Å². The number of aliphatic hydroxyl groups is 1. The standard InChI is InChI=1S/C15H19N3O5/c19-10-16-7-13-8-18(15(21)23-13)12-3-1-11(2-4-12)17-5-6-22-9-14(17)20/h1-4,10,13-14,20H,5-9H2,(H,16,19). The molecular weight excluding hydrogens is 302 g/mol. The lowest BCUT2D eigenvalue weighted by Gasteiger charge is -2.34. The molecule has 23 heavy (non-hydrogen) atoms. The molecule has 8 heteroatoms. The smallest absolute Gasteiger partial charge is 0.414 e. The van der Waals surface area contributed by atoms with Crippen LogP contribution in [0, 0.1) is 0 Å². The maximum atomic E-state index is 11.9. The van der Waals surface area contributed by atoms with Gasteiger partial charge in [-0.25, -0.2) is 4.79 Å². The van der Waals surface area contributed by atoms with Crippen LogP contribution in [0.1, 0.15) is 0 Å². The molecule has 3 rings (SSSR count). The Labute approximate surface area is 133 Å². The van der Waals surface area contributed by atoms with E-state index in [-0.39, 0.29) is 12.7 Å². The van der Waals surface area contributed by atoms with Gasteiger partial charge in [-0.1, -0.05) is 0 Å². The SMILES string of the molecule is O=CNCC1CN(c2ccc(N3CCOCC3O)cc2)C(=O)O1. The highest BCUT2D eigenvalue weighted by atomic mass is 16.6. The number of benzene rings is 1. The number of nitrogens with one attached hydrogen (secondary N) is 1. The molecule has 1 aromatic carbocycles. The predicted molar refractivity (Wildman–Crippen MR) is 82.3 cm³/mol. The molecule has 124 valence electrons. The van der Waals surface area contributed by atoms with E-state index in [0.717, 1.165) is 11.4 Å². The first kappa shape index (κ1) is 15.6. The van der Waals surface area contributed by atoms with Gasteiger partial charge in [0.1, 0.15) is 6.10 Å². The third-order valence-electron chi connectivity index (χ3n) is 3.90. The largest absolute Gasteiger partial charge is 0.442 e. The maximum absolute atomic E-state index is 11.9. The summed E-state index contributed by atoms with van der Waals surface area (Å²) in [6.45, 7) is 2.16. The van der Waals surface area contributed by atoms with Gasteiger partial charge in [-0.3, -0.25) is 9.69 Å². The highest BCUT2D eigenvalue weighted by Crippen LogP contribution is 2.26. The Hall–Kier alpha value is -2.32. The molecule has 2 saturated heterocycles. The quantitative estimate of drug-likeness (QED) is 0.737. The van der Waals surface area contributed by atoms with Crippen molar-refractivity contribution in [3.63, 3.8) is 0 Å². The molecule has 2 unspecified atom stereocenters. The lowest BCUT2D eigenvalue weighted by atomic mass is 10.2. The Morgan fingerprint density at radius 3 is 2.74 bits per heavy atom. The third kappa shape index (κ3) is 3.38. The minimum atomic E-state index is -0.662. The van der Waals surface area contributed by atoms with Crippen molar-refractivity contribution in [2.24, 2.45) is 0 Å². The van der Waals surface area contributed by atoms with Gasteiger partial charge in [-0.15, -0.1) is 0 Å². The number of aliphatic hydroxyl groups excluding tert-OH is 1. The van der Waals surface area contributed by atoms with Crippen LogP contribution >= 0.6 is 0 Å². The number of carbonyl (C=O) groups excluding carboxylic acids is 2. The molecule has 0 bridgehead atoms. The average Bonchev–Trinajstić information content (AvgIpc) is 2.94. The van der Waals surface area contributed by atoms with Crippen molar-refractivity contribution in [2.75, 3.05) is 42.6 Å². The summed E-state index contributed by atoms with van der Waals surface area (Å²) in [5.41, 5.74) is 1.59. The Morgan fingerprint density at radius 2 is 2.04 bits per heavy atom. The zero-order chi connectivity index (χ0) is 16.2. The Bertz CT molecular complexity index is 565. The van der Waals surface area contributed by atoms with E-state index in [9.17, 15) is 14.7 Å². The van der Waals surface area contributed by atoms with Gasteiger partial charge in [0.15, 0.2) is 6.23 Å². The van der Waals surface area contributed by atoms with E-state index in [2.05, 4.69) is 5.32 Å². The van der Waals surface area contributed by atoms with Crippen molar-refractivity contribution >= 4 is 23.9 Å². The minimum absolute atomic E-state index is 0.283. The summed E-state index contributed by atoms with van der Waals surface area (Å²) in [4.78, 5) is 25.6. The van der Waals surface area contributed by atoms with E-state index in [0.29, 0.717) is 32.7 Å². The Kier molecular flexibility index (Phi) is 4.63. The molecule has 0 aromatic heterocycles. The van der Waals surface area contributed by atoms with Gasteiger partial charge < -0.3 is 24.8 Å². The highest BCUT2D eigenvalue weighted by Gasteiger charge is 2.32. The van der Waals surface area contributed by atoms with Crippen molar-refractivity contribution in [2.45, 2.75) is 12.3 Å². The predicted octanol–water partition coefficient (Wildman–Crippen LogP) is -0.0872. The van der Waals surface area contributed by atoms with Gasteiger partial charge in [0.05, 0.1) is 26.3 Å². The molecule has 1 aromatic rings. The number of morpholine rings is 1. The van der Waals surface area contributed by atoms with Crippen LogP contribution in [0.25, 0.3) is 0 Å². The van der Waals surface area contributed by atoms with Crippen LogP contribution in [0.4, 0.5) is 16.2 Å². The zero-order valence-corrected chi connectivity index (χ0v) is 12.6. The molecule has 0 radical (unpaired) electrons. The van der Waals surface area contributed by atoms with Crippen molar-refractivity contribution in [3.05, 3.63) is 24.3 Å². The summed E-state index contributed by atoms with van der Waals surface area (Å²) in [5, 5.41) is 12.5. The van der Waals surface area contributed by atoms with Gasteiger partial charge in [0.25, 0.3) is 0 Å². The van der Waals surface area contributed by atoms with E-state index in [1.807, 2.05) is 29.2 Å². The first-order chi connectivity index (χ1) is 11.2. The first-order valence-corrected chi connectivity index (χ1v) is 7.47. The molecular formula is C15H19N3O5. The number of rotatable bonds is 5. The Balaban J connectivity index is 1.67. The summed E-state index contributed by atoms with van der Waals surface area (Å²) < 4.78 is 10.4. The number of nitrogens with zero attached hydrogens (tertiary/aromatic N) is 2. The lowest BCUT2D eigenvalue weighted by Crippen LogP contribution is -2.45. The molecule has 2 atom stereocenters. The van der Waals surface area contributed by atoms with Gasteiger partial charge in [0.2, 0.25) is 6.41 Å². The molecule has 0 saturated carbocycles. The fraction of sp³-hybridized carbons (Fsp3) is 0.467. The number of hydrogen-bond donors (Lipinski definition) is 2. The molecule has 8 nitrogen and oxygen atoms in total. The van der Waals surface area contributed by atoms with Crippen LogP contribution in [0.3, 0.4) is 0 Å². The summed E-state index contributed by atoms with van der Waals surface area (Å²) >= 11 is 0. The topological polar surface area (TPSA) is 91.3 Å². The molecule has 2 aliphatic rings. The van der Waals surface area contributed by atoms with Crippen molar-refractivity contribution in [3.8, 4) is 0 Å². The highest BCUT2D eigenvalue weighted by molar-refractivity contribution is 5.90. The van der Waals surface area contributed by atoms with Crippen LogP contribution in [0.2, 0.25) is 0 Å². The third-order valence-corrected chi connectivity index (χ3v) is 3.90. The van der Waals surface area contributed by atoms with E-state index >= 15 is 0 Å². The lowest BCUT2D eigenvalue weighted by molar-refractivity contribution is -0.109. The van der Waals surface area contributed by atoms with E-state index < -0.39 is 12.3 Å². The van der Waals surface area contributed by atoms with Crippen LogP contribution in [-0.4, -0.2) is 62.8 Å². The molecule has 2 aliphatic heterocycles. The summed E-state index contributed by atoms with van der Waals surface area (Å²) in [5.74, 6) is 0. The van der Waals surface area contributed by atoms with Crippen molar-refractivity contribution in [1.29, 1.82) is 0 Å². The zero-order valence-electron chi connectivity index (χ0n) is 12.6. The minimum Gasteiger partial charge on any atom is -0.442 e. The maximum Gasteiger partial charge on any atom is 0.414 e. The number of cyclic esters (lactones) is 1. The van der Waals surface area contributed by atoms with Crippen molar-refractivity contribution in [1.82, 2.24) is 5.32 Å². The number of anilines is 2. The van der Waals surface area contributed by atoms with Gasteiger partial charge in [0, 0.05) is 17.9 Å². The van der Waals surface area contributed by atoms with Crippen molar-refractivity contribution < 1.29 is 24.2 Å². The fourth-order valence-corrected chi connectivity index (χ4v) is 2.73. The molecule has 0 aliphatic carbocycles. The van der Waals surface area contributed by atoms with Crippen LogP contribution in [-0.2, 0) is 14.3 Å². The fourth-order valence-electron chi connectivity index (χ4n) is 2.73. The van der Waals surface area contributed by atoms with Gasteiger partial charge >= 0.3 is 6.09 Å². The van der Waals surface area contributed by atoms with Crippen LogP contribution in [0.5, 0.6) is 0 Å². The number of carbonyl (C=O) groups is 2. The number of amides is 2. The molecule has 0 spiro atoms. The number of hydrogen-bond acceptors (Lipinski definition) is 6. The number of ether oxygens (including phenoxy) is 2. The monoisotopic (exact) mass is 321 g/mol. The summed E-state index contributed by atoms with van der Waals surface area (Å²) in [6.07, 6.45) is -0.862. The van der Waals surface area contributed by atoms with E-state index in [4.69, 9.17) is 9.47 Å². The molecule has 2 fully saturated rings. The second-order valence-corrected chi connectivity index (χ2v) is 5.41. The van der Waals surface area contributed by atoms with Gasteiger partial charge in [-0.2, -0.15) is 0 Å². The molecule has 2 amide bonds.